The van der Waals surface area contributed by atoms with E-state index in [-0.39, 0.29) is 24.2 Å². The van der Waals surface area contributed by atoms with E-state index in [1.54, 1.807) is 0 Å². The summed E-state index contributed by atoms with van der Waals surface area (Å²) in [6, 6.07) is 7.81. The number of nitrogens with one attached hydrogen (secondary N) is 1. The molecule has 0 heterocycles. The number of halogens is 1. The first-order chi connectivity index (χ1) is 10.0. The molecule has 0 radical (unpaired) electrons. The molecule has 4 nitrogen and oxygen atoms in total. The van der Waals surface area contributed by atoms with Crippen molar-refractivity contribution in [3.05, 3.63) is 29.8 Å². The summed E-state index contributed by atoms with van der Waals surface area (Å²) in [6.07, 6.45) is 3.98. The first-order valence-electron chi connectivity index (χ1n) is 7.79. The van der Waals surface area contributed by atoms with E-state index < -0.39 is 5.54 Å². The van der Waals surface area contributed by atoms with Crippen molar-refractivity contribution < 1.29 is 9.53 Å². The normalized spacial score (nSPS) is 24.4. The standard InChI is InChI=1S/C17H26N2O2.ClH/c1-3-21-12-13-7-6-8-14(11-13)19-16(20)15-9-4-5-10-17(15,2)18;/h6-8,11,15H,3-5,9-10,12,18H2,1-2H3,(H,19,20);1H. The Hall–Kier alpha value is -1.10. The van der Waals surface area contributed by atoms with Gasteiger partial charge in [0.2, 0.25) is 5.91 Å². The highest BCUT2D eigenvalue weighted by Crippen LogP contribution is 2.32. The first-order valence-corrected chi connectivity index (χ1v) is 7.79. The van der Waals surface area contributed by atoms with Crippen molar-refractivity contribution in [2.24, 2.45) is 11.7 Å². The highest BCUT2D eigenvalue weighted by molar-refractivity contribution is 5.93. The zero-order valence-corrected chi connectivity index (χ0v) is 14.2. The van der Waals surface area contributed by atoms with E-state index in [1.807, 2.05) is 38.1 Å². The van der Waals surface area contributed by atoms with Gasteiger partial charge in [0.15, 0.2) is 0 Å². The molecule has 1 aromatic carbocycles. The lowest BCUT2D eigenvalue weighted by Gasteiger charge is -2.37. The molecule has 2 atom stereocenters. The second-order valence-corrected chi connectivity index (χ2v) is 6.13. The van der Waals surface area contributed by atoms with E-state index in [0.29, 0.717) is 13.2 Å². The summed E-state index contributed by atoms with van der Waals surface area (Å²) in [4.78, 5) is 12.5. The average molecular weight is 327 g/mol. The lowest BCUT2D eigenvalue weighted by molar-refractivity contribution is -0.122. The van der Waals surface area contributed by atoms with Crippen LogP contribution in [0.3, 0.4) is 0 Å². The molecule has 0 aromatic heterocycles. The molecule has 0 saturated heterocycles. The molecule has 22 heavy (non-hydrogen) atoms. The molecular formula is C17H27ClN2O2. The smallest absolute Gasteiger partial charge is 0.229 e. The Morgan fingerprint density at radius 3 is 2.91 bits per heavy atom. The Kier molecular flexibility index (Phi) is 7.33. The third-order valence-electron chi connectivity index (χ3n) is 4.24. The third kappa shape index (κ3) is 4.97. The average Bonchev–Trinajstić information content (AvgIpc) is 2.45. The van der Waals surface area contributed by atoms with E-state index in [4.69, 9.17) is 10.5 Å². The van der Waals surface area contributed by atoms with Crippen molar-refractivity contribution in [2.75, 3.05) is 11.9 Å². The van der Waals surface area contributed by atoms with Gasteiger partial charge >= 0.3 is 0 Å². The van der Waals surface area contributed by atoms with Crippen molar-refractivity contribution in [2.45, 2.75) is 51.7 Å². The van der Waals surface area contributed by atoms with Gasteiger partial charge in [0, 0.05) is 17.8 Å². The van der Waals surface area contributed by atoms with Crippen LogP contribution in [-0.2, 0) is 16.1 Å². The van der Waals surface area contributed by atoms with Crippen LogP contribution in [0.15, 0.2) is 24.3 Å². The van der Waals surface area contributed by atoms with Gasteiger partial charge in [-0.05, 0) is 44.4 Å². The molecule has 1 aliphatic rings. The van der Waals surface area contributed by atoms with Crippen molar-refractivity contribution in [1.29, 1.82) is 0 Å². The van der Waals surface area contributed by atoms with Crippen LogP contribution >= 0.6 is 12.4 Å². The molecule has 3 N–H and O–H groups in total. The summed E-state index contributed by atoms with van der Waals surface area (Å²) in [6.45, 7) is 5.21. The van der Waals surface area contributed by atoms with Crippen LogP contribution in [0.1, 0.15) is 45.1 Å². The fourth-order valence-electron chi connectivity index (χ4n) is 2.98. The van der Waals surface area contributed by atoms with Gasteiger partial charge in [-0.15, -0.1) is 12.4 Å². The lowest BCUT2D eigenvalue weighted by Crippen LogP contribution is -2.51. The summed E-state index contributed by atoms with van der Waals surface area (Å²) in [5, 5.41) is 3.01. The molecule has 0 spiro atoms. The van der Waals surface area contributed by atoms with Crippen LogP contribution in [0.25, 0.3) is 0 Å². The van der Waals surface area contributed by atoms with Gasteiger partial charge in [0.25, 0.3) is 0 Å². The topological polar surface area (TPSA) is 64.3 Å². The van der Waals surface area contributed by atoms with E-state index in [9.17, 15) is 4.79 Å². The van der Waals surface area contributed by atoms with Crippen LogP contribution in [0, 0.1) is 5.92 Å². The van der Waals surface area contributed by atoms with Gasteiger partial charge in [0.1, 0.15) is 0 Å². The summed E-state index contributed by atoms with van der Waals surface area (Å²) >= 11 is 0. The molecule has 1 fully saturated rings. The van der Waals surface area contributed by atoms with E-state index in [1.165, 1.54) is 0 Å². The van der Waals surface area contributed by atoms with Crippen LogP contribution in [0.4, 0.5) is 5.69 Å². The molecule has 1 amide bonds. The van der Waals surface area contributed by atoms with Crippen molar-refractivity contribution >= 4 is 24.0 Å². The van der Waals surface area contributed by atoms with E-state index in [2.05, 4.69) is 5.32 Å². The Morgan fingerprint density at radius 2 is 2.23 bits per heavy atom. The largest absolute Gasteiger partial charge is 0.377 e. The summed E-state index contributed by atoms with van der Waals surface area (Å²) in [5.74, 6) is -0.0740. The van der Waals surface area contributed by atoms with Gasteiger partial charge in [-0.2, -0.15) is 0 Å². The summed E-state index contributed by atoms with van der Waals surface area (Å²) < 4.78 is 5.40. The number of anilines is 1. The molecule has 2 rings (SSSR count). The zero-order valence-electron chi connectivity index (χ0n) is 13.4. The van der Waals surface area contributed by atoms with Crippen LogP contribution < -0.4 is 11.1 Å². The van der Waals surface area contributed by atoms with Gasteiger partial charge in [-0.1, -0.05) is 25.0 Å². The Labute approximate surface area is 139 Å². The highest BCUT2D eigenvalue weighted by Gasteiger charge is 2.37. The molecule has 1 saturated carbocycles. The number of benzene rings is 1. The number of rotatable bonds is 5. The first kappa shape index (κ1) is 18.9. The maximum Gasteiger partial charge on any atom is 0.229 e. The van der Waals surface area contributed by atoms with Crippen LogP contribution in [-0.4, -0.2) is 18.1 Å². The minimum atomic E-state index is -0.398. The Balaban J connectivity index is 0.00000242. The van der Waals surface area contributed by atoms with Crippen molar-refractivity contribution in [3.63, 3.8) is 0 Å². The van der Waals surface area contributed by atoms with Crippen LogP contribution in [0.2, 0.25) is 0 Å². The number of hydrogen-bond acceptors (Lipinski definition) is 3. The highest BCUT2D eigenvalue weighted by atomic mass is 35.5. The second kappa shape index (κ2) is 8.51. The quantitative estimate of drug-likeness (QED) is 0.870. The number of carbonyl (C=O) groups excluding carboxylic acids is 1. The van der Waals surface area contributed by atoms with Gasteiger partial charge in [-0.3, -0.25) is 4.79 Å². The van der Waals surface area contributed by atoms with E-state index in [0.717, 1.165) is 36.9 Å². The monoisotopic (exact) mass is 326 g/mol. The maximum absolute atomic E-state index is 12.5. The molecule has 124 valence electrons. The molecule has 2 unspecified atom stereocenters. The van der Waals surface area contributed by atoms with Crippen molar-refractivity contribution in [3.8, 4) is 0 Å². The number of amides is 1. The van der Waals surface area contributed by atoms with Crippen molar-refractivity contribution in [1.82, 2.24) is 0 Å². The minimum absolute atomic E-state index is 0. The predicted octanol–water partition coefficient (Wildman–Crippen LogP) is 3.49. The zero-order chi connectivity index (χ0) is 15.3. The lowest BCUT2D eigenvalue weighted by atomic mass is 9.74. The molecule has 0 bridgehead atoms. The molecular weight excluding hydrogens is 300 g/mol. The predicted molar refractivity (Wildman–Crippen MR) is 92.2 cm³/mol. The minimum Gasteiger partial charge on any atom is -0.377 e. The van der Waals surface area contributed by atoms with Gasteiger partial charge in [0.05, 0.1) is 12.5 Å². The number of carbonyl (C=O) groups is 1. The van der Waals surface area contributed by atoms with Gasteiger partial charge in [-0.25, -0.2) is 0 Å². The maximum atomic E-state index is 12.5. The van der Waals surface area contributed by atoms with Gasteiger partial charge < -0.3 is 15.8 Å². The SMILES string of the molecule is CCOCc1cccc(NC(=O)C2CCCCC2(C)N)c1.Cl. The molecule has 5 heteroatoms. The third-order valence-corrected chi connectivity index (χ3v) is 4.24. The molecule has 0 aliphatic heterocycles. The number of ether oxygens (including phenoxy) is 1. The molecule has 1 aliphatic carbocycles. The summed E-state index contributed by atoms with van der Waals surface area (Å²) in [5.41, 5.74) is 7.78. The fourth-order valence-corrected chi connectivity index (χ4v) is 2.98. The second-order valence-electron chi connectivity index (χ2n) is 6.13. The molecule has 1 aromatic rings. The van der Waals surface area contributed by atoms with Crippen LogP contribution in [0.5, 0.6) is 0 Å². The number of nitrogens with two attached hydrogens (primary N) is 1. The van der Waals surface area contributed by atoms with E-state index >= 15 is 0 Å². The Bertz CT molecular complexity index is 491. The fraction of sp³-hybridized carbons (Fsp3) is 0.588. The summed E-state index contributed by atoms with van der Waals surface area (Å²) in [7, 11) is 0. The Morgan fingerprint density at radius 1 is 1.45 bits per heavy atom. The number of hydrogen-bond donors (Lipinski definition) is 2.